The molecule has 9 nitrogen and oxygen atoms in total. The number of nitrogen functional groups attached to an aromatic ring is 1. The molecule has 0 bridgehead atoms. The predicted octanol–water partition coefficient (Wildman–Crippen LogP) is 3.41. The maximum absolute atomic E-state index is 9.44. The average Bonchev–Trinajstić information content (AvgIpc) is 3.08. The van der Waals surface area contributed by atoms with Crippen LogP contribution in [0.2, 0.25) is 5.15 Å². The molecule has 0 radical (unpaired) electrons. The van der Waals surface area contributed by atoms with Gasteiger partial charge in [-0.15, -0.1) is 0 Å². The molecule has 0 saturated heterocycles. The van der Waals surface area contributed by atoms with Gasteiger partial charge in [-0.25, -0.2) is 19.5 Å². The number of hydrogen-bond acceptors (Lipinski definition) is 8. The second-order valence-corrected chi connectivity index (χ2v) is 8.74. The smallest absolute Gasteiger partial charge is 0.155 e. The van der Waals surface area contributed by atoms with Crippen molar-refractivity contribution in [3.05, 3.63) is 59.3 Å². The maximum Gasteiger partial charge on any atom is 0.155 e. The van der Waals surface area contributed by atoms with E-state index in [1.165, 1.54) is 12.5 Å². The summed E-state index contributed by atoms with van der Waals surface area (Å²) in [7, 11) is 0. The molecule has 0 saturated carbocycles. The molecule has 0 unspecified atom stereocenters. The molecule has 0 aliphatic rings. The van der Waals surface area contributed by atoms with Crippen molar-refractivity contribution >= 4 is 51.5 Å². The number of nitriles is 1. The van der Waals surface area contributed by atoms with E-state index in [0.717, 1.165) is 5.56 Å². The van der Waals surface area contributed by atoms with E-state index in [4.69, 9.17) is 17.3 Å². The highest BCUT2D eigenvalue weighted by Crippen LogP contribution is 2.38. The number of anilines is 2. The number of imidazole rings is 1. The zero-order valence-corrected chi connectivity index (χ0v) is 17.9. The first-order valence-electron chi connectivity index (χ1n) is 8.34. The number of fused-ring (bicyclic) bond motifs is 1. The van der Waals surface area contributed by atoms with Gasteiger partial charge in [0.15, 0.2) is 16.6 Å². The first-order valence-corrected chi connectivity index (χ1v) is 9.80. The van der Waals surface area contributed by atoms with Gasteiger partial charge in [0.2, 0.25) is 0 Å². The molecule has 4 heterocycles. The Hall–Kier alpha value is -3.04. The van der Waals surface area contributed by atoms with E-state index in [0.29, 0.717) is 28.0 Å². The highest BCUT2D eigenvalue weighted by molar-refractivity contribution is 14.1. The standard InChI is InChI=1S/C18H13ClIN9/c1-18(20,27-17-10(7-21)16(22)25-9-26-17)11-6-14-24-8-13(19)29(14)28-15(11)12-4-2-3-5-23-12/h2-6,8-9H,1H3,(H3,22,25,26,27)/t18-/m0/s1. The van der Waals surface area contributed by atoms with Crippen LogP contribution >= 0.6 is 34.2 Å². The quantitative estimate of drug-likeness (QED) is 0.239. The highest BCUT2D eigenvalue weighted by Gasteiger charge is 2.30. The third kappa shape index (κ3) is 3.54. The molecule has 0 fully saturated rings. The third-order valence-corrected chi connectivity index (χ3v) is 5.31. The number of rotatable bonds is 4. The van der Waals surface area contributed by atoms with E-state index in [1.807, 2.05) is 37.3 Å². The van der Waals surface area contributed by atoms with Gasteiger partial charge in [-0.1, -0.05) is 17.7 Å². The Morgan fingerprint density at radius 1 is 1.28 bits per heavy atom. The summed E-state index contributed by atoms with van der Waals surface area (Å²) in [5.74, 6) is 0.431. The van der Waals surface area contributed by atoms with Crippen molar-refractivity contribution in [3.63, 3.8) is 0 Å². The molecule has 11 heteroatoms. The molecule has 4 aromatic heterocycles. The lowest BCUT2D eigenvalue weighted by Crippen LogP contribution is -2.27. The minimum atomic E-state index is -0.746. The normalized spacial score (nSPS) is 13.0. The minimum Gasteiger partial charge on any atom is -0.382 e. The number of nitrogens with one attached hydrogen (secondary N) is 1. The van der Waals surface area contributed by atoms with Gasteiger partial charge >= 0.3 is 0 Å². The topological polar surface area (TPSA) is 131 Å². The van der Waals surface area contributed by atoms with Crippen molar-refractivity contribution in [2.75, 3.05) is 11.1 Å². The van der Waals surface area contributed by atoms with E-state index in [1.54, 1.807) is 10.7 Å². The monoisotopic (exact) mass is 517 g/mol. The molecule has 144 valence electrons. The van der Waals surface area contributed by atoms with Gasteiger partial charge in [-0.2, -0.15) is 10.4 Å². The fourth-order valence-corrected chi connectivity index (χ4v) is 3.67. The summed E-state index contributed by atoms with van der Waals surface area (Å²) in [6.07, 6.45) is 4.53. The maximum atomic E-state index is 9.44. The fraction of sp³-hybridized carbons (Fsp3) is 0.111. The van der Waals surface area contributed by atoms with Gasteiger partial charge in [-0.3, -0.25) is 4.98 Å². The van der Waals surface area contributed by atoms with Gasteiger partial charge in [0.25, 0.3) is 0 Å². The van der Waals surface area contributed by atoms with E-state index in [2.05, 4.69) is 52.9 Å². The summed E-state index contributed by atoms with van der Waals surface area (Å²) in [5, 5.41) is 17.8. The second kappa shape index (κ2) is 7.41. The van der Waals surface area contributed by atoms with Crippen LogP contribution in [-0.4, -0.2) is 29.5 Å². The molecule has 0 amide bonds. The number of nitrogens with zero attached hydrogens (tertiary/aromatic N) is 7. The fourth-order valence-electron chi connectivity index (χ4n) is 2.83. The summed E-state index contributed by atoms with van der Waals surface area (Å²) in [4.78, 5) is 16.8. The molecular weight excluding hydrogens is 505 g/mol. The van der Waals surface area contributed by atoms with E-state index < -0.39 is 3.55 Å². The Bertz CT molecular complexity index is 1250. The Balaban J connectivity index is 1.90. The summed E-state index contributed by atoms with van der Waals surface area (Å²) >= 11 is 8.44. The largest absolute Gasteiger partial charge is 0.382 e. The highest BCUT2D eigenvalue weighted by atomic mass is 127. The van der Waals surface area contributed by atoms with Crippen molar-refractivity contribution in [1.82, 2.24) is 29.5 Å². The lowest BCUT2D eigenvalue weighted by molar-refractivity contribution is 0.810. The molecular formula is C18H13ClIN9. The summed E-state index contributed by atoms with van der Waals surface area (Å²) in [6.45, 7) is 1.93. The third-order valence-electron chi connectivity index (χ3n) is 4.21. The van der Waals surface area contributed by atoms with Crippen LogP contribution < -0.4 is 11.1 Å². The Morgan fingerprint density at radius 3 is 2.83 bits per heavy atom. The molecule has 4 rings (SSSR count). The predicted molar refractivity (Wildman–Crippen MR) is 117 cm³/mol. The zero-order chi connectivity index (χ0) is 20.6. The zero-order valence-electron chi connectivity index (χ0n) is 15.0. The first-order chi connectivity index (χ1) is 13.9. The van der Waals surface area contributed by atoms with Crippen LogP contribution in [0.25, 0.3) is 17.0 Å². The van der Waals surface area contributed by atoms with Crippen LogP contribution in [0.1, 0.15) is 18.1 Å². The minimum absolute atomic E-state index is 0.107. The van der Waals surface area contributed by atoms with Gasteiger partial charge < -0.3 is 11.1 Å². The van der Waals surface area contributed by atoms with Crippen molar-refractivity contribution in [2.45, 2.75) is 10.5 Å². The number of pyridine rings is 1. The van der Waals surface area contributed by atoms with Crippen molar-refractivity contribution in [1.29, 1.82) is 5.26 Å². The summed E-state index contributed by atoms with van der Waals surface area (Å²) < 4.78 is 0.801. The summed E-state index contributed by atoms with van der Waals surface area (Å²) in [6, 6.07) is 9.48. The molecule has 0 spiro atoms. The van der Waals surface area contributed by atoms with E-state index in [9.17, 15) is 5.26 Å². The lowest BCUT2D eigenvalue weighted by Gasteiger charge is -2.27. The van der Waals surface area contributed by atoms with E-state index >= 15 is 0 Å². The molecule has 0 aliphatic carbocycles. The van der Waals surface area contributed by atoms with Crippen LogP contribution in [0.15, 0.2) is 43.0 Å². The molecule has 0 aliphatic heterocycles. The number of nitrogens with two attached hydrogens (primary N) is 1. The van der Waals surface area contributed by atoms with Gasteiger partial charge in [0, 0.05) is 11.8 Å². The molecule has 0 aromatic carbocycles. The Morgan fingerprint density at radius 2 is 2.10 bits per heavy atom. The van der Waals surface area contributed by atoms with Crippen LogP contribution in [-0.2, 0) is 3.55 Å². The number of alkyl halides is 1. The Kier molecular flexibility index (Phi) is 4.93. The van der Waals surface area contributed by atoms with Gasteiger partial charge in [0.05, 0.1) is 11.9 Å². The van der Waals surface area contributed by atoms with Crippen molar-refractivity contribution in [2.24, 2.45) is 0 Å². The second-order valence-electron chi connectivity index (χ2n) is 6.19. The lowest BCUT2D eigenvalue weighted by atomic mass is 10.0. The van der Waals surface area contributed by atoms with Crippen molar-refractivity contribution in [3.8, 4) is 17.5 Å². The number of aromatic nitrogens is 6. The SMILES string of the molecule is C[C@](I)(Nc1ncnc(N)c1C#N)c1cc2ncc(Cl)n2nc1-c1ccccn1. The van der Waals surface area contributed by atoms with Crippen molar-refractivity contribution < 1.29 is 0 Å². The number of hydrogen-bond donors (Lipinski definition) is 2. The Labute approximate surface area is 184 Å². The molecule has 4 aromatic rings. The molecule has 3 N–H and O–H groups in total. The van der Waals surface area contributed by atoms with E-state index in [-0.39, 0.29) is 11.4 Å². The summed E-state index contributed by atoms with van der Waals surface area (Å²) in [5.41, 5.74) is 8.64. The van der Waals surface area contributed by atoms with Gasteiger partial charge in [-0.05, 0) is 47.7 Å². The van der Waals surface area contributed by atoms with Crippen LogP contribution in [0, 0.1) is 11.3 Å². The van der Waals surface area contributed by atoms with Gasteiger partial charge in [0.1, 0.15) is 33.0 Å². The van der Waals surface area contributed by atoms with Crippen LogP contribution in [0.3, 0.4) is 0 Å². The van der Waals surface area contributed by atoms with Crippen LogP contribution in [0.4, 0.5) is 11.6 Å². The van der Waals surface area contributed by atoms with Crippen LogP contribution in [0.5, 0.6) is 0 Å². The number of halogens is 2. The molecule has 29 heavy (non-hydrogen) atoms. The first kappa shape index (κ1) is 19.3. The molecule has 1 atom stereocenters. The average molecular weight is 518 g/mol.